The minimum absolute atomic E-state index is 0.0204. The molecule has 4 rings (SSSR count). The molecule has 0 spiro atoms. The Kier molecular flexibility index (Phi) is 7.70. The predicted octanol–water partition coefficient (Wildman–Crippen LogP) is 3.78. The topological polar surface area (TPSA) is 105 Å². The number of aliphatic carboxylic acids is 1. The quantitative estimate of drug-likeness (QED) is 0.566. The number of nitrogens with one attached hydrogen (secondary N) is 1. The number of likely N-dealkylation sites (N-methyl/N-ethyl adjacent to an activating group) is 1. The minimum Gasteiger partial charge on any atom is -0.481 e. The normalized spacial score (nSPS) is 19.5. The number of carboxylic acids is 1. The van der Waals surface area contributed by atoms with Gasteiger partial charge in [0.1, 0.15) is 12.6 Å². The van der Waals surface area contributed by atoms with E-state index in [4.69, 9.17) is 14.6 Å². The zero-order chi connectivity index (χ0) is 24.9. The van der Waals surface area contributed by atoms with E-state index in [1.807, 2.05) is 43.3 Å². The molecule has 1 fully saturated rings. The van der Waals surface area contributed by atoms with Crippen LogP contribution in [0, 0.1) is 0 Å². The van der Waals surface area contributed by atoms with Gasteiger partial charge in [0, 0.05) is 19.4 Å². The first-order chi connectivity index (χ1) is 16.9. The van der Waals surface area contributed by atoms with Gasteiger partial charge >= 0.3 is 12.1 Å². The summed E-state index contributed by atoms with van der Waals surface area (Å²) < 4.78 is 11.3. The molecule has 2 aromatic carbocycles. The van der Waals surface area contributed by atoms with Gasteiger partial charge in [-0.2, -0.15) is 0 Å². The van der Waals surface area contributed by atoms with E-state index < -0.39 is 18.1 Å². The first kappa shape index (κ1) is 24.7. The van der Waals surface area contributed by atoms with Crippen LogP contribution >= 0.6 is 0 Å². The van der Waals surface area contributed by atoms with Gasteiger partial charge in [0.25, 0.3) is 0 Å². The Morgan fingerprint density at radius 3 is 2.31 bits per heavy atom. The summed E-state index contributed by atoms with van der Waals surface area (Å²) in [6.45, 7) is 2.57. The zero-order valence-corrected chi connectivity index (χ0v) is 20.1. The molecule has 35 heavy (non-hydrogen) atoms. The number of amides is 2. The average molecular weight is 481 g/mol. The average Bonchev–Trinajstić information content (AvgIpc) is 3.47. The van der Waals surface area contributed by atoms with Gasteiger partial charge in [0.15, 0.2) is 0 Å². The first-order valence-electron chi connectivity index (χ1n) is 12.1. The van der Waals surface area contributed by atoms with Gasteiger partial charge in [-0.1, -0.05) is 55.5 Å². The minimum atomic E-state index is -1.03. The molecule has 0 radical (unpaired) electrons. The molecule has 1 heterocycles. The lowest BCUT2D eigenvalue weighted by atomic mass is 9.98. The molecular formula is C27H32N2O6. The van der Waals surface area contributed by atoms with Gasteiger partial charge in [-0.25, -0.2) is 4.79 Å². The maximum absolute atomic E-state index is 13.2. The van der Waals surface area contributed by atoms with Crippen LogP contribution in [0.1, 0.15) is 49.7 Å². The second kappa shape index (κ2) is 10.9. The van der Waals surface area contributed by atoms with Gasteiger partial charge in [-0.3, -0.25) is 9.59 Å². The van der Waals surface area contributed by atoms with Crippen molar-refractivity contribution in [2.24, 2.45) is 0 Å². The number of carboxylic acid groups (broad SMARTS) is 1. The third-order valence-corrected chi connectivity index (χ3v) is 6.99. The molecule has 186 valence electrons. The zero-order valence-electron chi connectivity index (χ0n) is 20.1. The smallest absolute Gasteiger partial charge is 0.407 e. The van der Waals surface area contributed by atoms with Crippen molar-refractivity contribution in [2.75, 3.05) is 20.3 Å². The van der Waals surface area contributed by atoms with Crippen LogP contribution in [0.4, 0.5) is 4.79 Å². The Hall–Kier alpha value is -3.39. The van der Waals surface area contributed by atoms with Crippen molar-refractivity contribution in [3.63, 3.8) is 0 Å². The summed E-state index contributed by atoms with van der Waals surface area (Å²) in [5, 5.41) is 11.8. The van der Waals surface area contributed by atoms with E-state index in [2.05, 4.69) is 17.4 Å². The lowest BCUT2D eigenvalue weighted by Gasteiger charge is -2.28. The summed E-state index contributed by atoms with van der Waals surface area (Å²) in [6.07, 6.45) is 0.676. The van der Waals surface area contributed by atoms with Crippen LogP contribution in [0.5, 0.6) is 0 Å². The first-order valence-corrected chi connectivity index (χ1v) is 12.1. The maximum Gasteiger partial charge on any atom is 0.407 e. The maximum atomic E-state index is 13.2. The van der Waals surface area contributed by atoms with Gasteiger partial charge < -0.3 is 24.8 Å². The Morgan fingerprint density at radius 2 is 1.74 bits per heavy atom. The summed E-state index contributed by atoms with van der Waals surface area (Å²) in [5.41, 5.74) is 4.42. The second-order valence-corrected chi connectivity index (χ2v) is 9.16. The fourth-order valence-corrected chi connectivity index (χ4v) is 4.97. The second-order valence-electron chi connectivity index (χ2n) is 9.16. The molecule has 2 aliphatic rings. The number of benzene rings is 2. The van der Waals surface area contributed by atoms with Crippen molar-refractivity contribution in [3.05, 3.63) is 59.7 Å². The number of nitrogens with zero attached hydrogens (tertiary/aromatic N) is 1. The van der Waals surface area contributed by atoms with E-state index in [1.54, 1.807) is 11.9 Å². The number of alkyl carbamates (subject to hydrolysis) is 1. The van der Waals surface area contributed by atoms with Crippen molar-refractivity contribution in [2.45, 2.75) is 56.7 Å². The summed E-state index contributed by atoms with van der Waals surface area (Å²) in [6, 6.07) is 15.0. The Balaban J connectivity index is 1.41. The Morgan fingerprint density at radius 1 is 1.11 bits per heavy atom. The highest BCUT2D eigenvalue weighted by molar-refractivity contribution is 5.86. The standard InChI is InChI=1S/C27H32N2O6/c1-3-18-14-17(15-34-18)29(2)26(32)24(12-13-25(30)31)28-27(33)35-16-23-21-10-6-4-8-19(21)20-9-5-7-11-22(20)23/h4-11,17-18,23-24H,3,12-16H2,1-2H3,(H,28,33)(H,30,31). The Labute approximate surface area is 205 Å². The molecule has 2 N–H and O–H groups in total. The van der Waals surface area contributed by atoms with Crippen LogP contribution in [-0.4, -0.2) is 66.4 Å². The largest absolute Gasteiger partial charge is 0.481 e. The summed E-state index contributed by atoms with van der Waals surface area (Å²) in [4.78, 5) is 38.6. The lowest BCUT2D eigenvalue weighted by Crippen LogP contribution is -2.51. The molecule has 3 atom stereocenters. The third kappa shape index (κ3) is 5.48. The molecule has 0 aromatic heterocycles. The summed E-state index contributed by atoms with van der Waals surface area (Å²) in [7, 11) is 1.67. The van der Waals surface area contributed by atoms with Crippen molar-refractivity contribution >= 4 is 18.0 Å². The fourth-order valence-electron chi connectivity index (χ4n) is 4.97. The fraction of sp³-hybridized carbons (Fsp3) is 0.444. The monoisotopic (exact) mass is 480 g/mol. The molecule has 2 aromatic rings. The van der Waals surface area contributed by atoms with Crippen molar-refractivity contribution in [3.8, 4) is 11.1 Å². The van der Waals surface area contributed by atoms with E-state index >= 15 is 0 Å². The van der Waals surface area contributed by atoms with E-state index in [0.29, 0.717) is 6.61 Å². The highest BCUT2D eigenvalue weighted by Gasteiger charge is 2.34. The molecule has 0 bridgehead atoms. The molecular weight excluding hydrogens is 448 g/mol. The number of fused-ring (bicyclic) bond motifs is 3. The van der Waals surface area contributed by atoms with Crippen LogP contribution in [0.3, 0.4) is 0 Å². The van der Waals surface area contributed by atoms with Gasteiger partial charge in [-0.05, 0) is 41.5 Å². The molecule has 2 amide bonds. The van der Waals surface area contributed by atoms with Crippen molar-refractivity contribution in [1.82, 2.24) is 10.2 Å². The molecule has 3 unspecified atom stereocenters. The van der Waals surface area contributed by atoms with Crippen LogP contribution in [0.2, 0.25) is 0 Å². The number of carbonyl (C=O) groups is 3. The molecule has 0 saturated carbocycles. The molecule has 1 aliphatic carbocycles. The predicted molar refractivity (Wildman–Crippen MR) is 130 cm³/mol. The summed E-state index contributed by atoms with van der Waals surface area (Å²) in [5.74, 6) is -1.48. The van der Waals surface area contributed by atoms with Crippen LogP contribution < -0.4 is 5.32 Å². The van der Waals surface area contributed by atoms with Crippen molar-refractivity contribution < 1.29 is 29.0 Å². The van der Waals surface area contributed by atoms with Gasteiger partial charge in [0.05, 0.1) is 18.8 Å². The van der Waals surface area contributed by atoms with Gasteiger partial charge in [0.2, 0.25) is 5.91 Å². The number of ether oxygens (including phenoxy) is 2. The number of hydrogen-bond donors (Lipinski definition) is 2. The van der Waals surface area contributed by atoms with Gasteiger partial charge in [-0.15, -0.1) is 0 Å². The lowest BCUT2D eigenvalue weighted by molar-refractivity contribution is -0.138. The van der Waals surface area contributed by atoms with E-state index in [0.717, 1.165) is 35.1 Å². The van der Waals surface area contributed by atoms with Crippen LogP contribution in [0.25, 0.3) is 11.1 Å². The Bertz CT molecular complexity index is 1040. The molecule has 1 aliphatic heterocycles. The molecule has 8 heteroatoms. The third-order valence-electron chi connectivity index (χ3n) is 6.99. The number of hydrogen-bond acceptors (Lipinski definition) is 5. The van der Waals surface area contributed by atoms with Crippen molar-refractivity contribution in [1.29, 1.82) is 0 Å². The highest BCUT2D eigenvalue weighted by atomic mass is 16.5. The van der Waals surface area contributed by atoms with Crippen LogP contribution in [-0.2, 0) is 19.1 Å². The van der Waals surface area contributed by atoms with E-state index in [-0.39, 0.29) is 43.4 Å². The highest BCUT2D eigenvalue weighted by Crippen LogP contribution is 2.44. The molecule has 8 nitrogen and oxygen atoms in total. The van der Waals surface area contributed by atoms with E-state index in [1.165, 1.54) is 0 Å². The SMILES string of the molecule is CCC1CC(N(C)C(=O)C(CCC(=O)O)NC(=O)OCC2c3ccccc3-c3ccccc32)CO1. The molecule has 1 saturated heterocycles. The summed E-state index contributed by atoms with van der Waals surface area (Å²) >= 11 is 0. The number of carbonyl (C=O) groups excluding carboxylic acids is 2. The van der Waals surface area contributed by atoms with E-state index in [9.17, 15) is 14.4 Å². The van der Waals surface area contributed by atoms with Crippen LogP contribution in [0.15, 0.2) is 48.5 Å². The number of rotatable bonds is 9.